The Balaban J connectivity index is 1.88. The van der Waals surface area contributed by atoms with Crippen molar-refractivity contribution in [2.75, 3.05) is 40.0 Å². The van der Waals surface area contributed by atoms with E-state index >= 15 is 0 Å². The lowest BCUT2D eigenvalue weighted by atomic mass is 9.97. The highest BCUT2D eigenvalue weighted by Crippen LogP contribution is 2.28. The number of pyridine rings is 1. The fraction of sp³-hybridized carbons (Fsp3) is 0.625. The molecule has 1 saturated heterocycles. The number of amides is 2. The summed E-state index contributed by atoms with van der Waals surface area (Å²) in [6.45, 7) is 7.63. The second-order valence-corrected chi connectivity index (χ2v) is 8.85. The zero-order valence-corrected chi connectivity index (χ0v) is 19.5. The molecule has 0 radical (unpaired) electrons. The molecular weight excluding hydrogens is 410 g/mol. The third kappa shape index (κ3) is 5.48. The molecule has 0 saturated carbocycles. The number of aliphatic hydroxyl groups is 1. The molecule has 0 aliphatic carbocycles. The van der Waals surface area contributed by atoms with Gasteiger partial charge in [-0.15, -0.1) is 0 Å². The Morgan fingerprint density at radius 1 is 1.41 bits per heavy atom. The maximum absolute atomic E-state index is 13.3. The van der Waals surface area contributed by atoms with Crippen molar-refractivity contribution in [1.29, 1.82) is 0 Å². The highest BCUT2D eigenvalue weighted by molar-refractivity contribution is 5.97. The number of nitrogens with zero attached hydrogens (tertiary/aromatic N) is 3. The van der Waals surface area contributed by atoms with Crippen molar-refractivity contribution in [1.82, 2.24) is 14.8 Å². The van der Waals surface area contributed by atoms with Gasteiger partial charge in [-0.3, -0.25) is 9.59 Å². The molecule has 0 unspecified atom stereocenters. The molecule has 3 atom stereocenters. The first-order valence-electron chi connectivity index (χ1n) is 11.4. The lowest BCUT2D eigenvalue weighted by Gasteiger charge is -2.38. The first kappa shape index (κ1) is 24.2. The van der Waals surface area contributed by atoms with Gasteiger partial charge in [-0.2, -0.15) is 0 Å². The van der Waals surface area contributed by atoms with Crippen LogP contribution in [0.5, 0.6) is 5.88 Å². The SMILES string of the molecule is CC=Cc1cnc2c(c1)C(=O)N([C@@H](C)CO)C[C@@H](C)[C@H](CN(C)C(=O)C1CCOCC1)O2. The molecule has 2 aliphatic rings. The monoisotopic (exact) mass is 445 g/mol. The molecule has 176 valence electrons. The highest BCUT2D eigenvalue weighted by atomic mass is 16.5. The van der Waals surface area contributed by atoms with Gasteiger partial charge in [-0.25, -0.2) is 4.98 Å². The molecule has 1 N–H and O–H groups in total. The minimum absolute atomic E-state index is 0.0288. The lowest BCUT2D eigenvalue weighted by molar-refractivity contribution is -0.138. The molecule has 1 aromatic heterocycles. The van der Waals surface area contributed by atoms with Crippen molar-refractivity contribution < 1.29 is 24.2 Å². The van der Waals surface area contributed by atoms with E-state index < -0.39 is 0 Å². The Hall–Kier alpha value is -2.45. The van der Waals surface area contributed by atoms with Gasteiger partial charge in [0.2, 0.25) is 11.8 Å². The van der Waals surface area contributed by atoms with Crippen LogP contribution in [0.3, 0.4) is 0 Å². The van der Waals surface area contributed by atoms with E-state index in [0.717, 1.165) is 18.4 Å². The number of aliphatic hydroxyl groups excluding tert-OH is 1. The number of aromatic nitrogens is 1. The normalized spacial score (nSPS) is 23.3. The molecule has 3 heterocycles. The average Bonchev–Trinajstić information content (AvgIpc) is 2.81. The van der Waals surface area contributed by atoms with Crippen LogP contribution in [-0.4, -0.2) is 83.8 Å². The van der Waals surface area contributed by atoms with Gasteiger partial charge in [-0.05, 0) is 38.3 Å². The van der Waals surface area contributed by atoms with Crippen LogP contribution in [0.2, 0.25) is 0 Å². The number of ether oxygens (including phenoxy) is 2. The third-order valence-electron chi connectivity index (χ3n) is 6.30. The van der Waals surface area contributed by atoms with Gasteiger partial charge in [0.25, 0.3) is 5.91 Å². The van der Waals surface area contributed by atoms with Gasteiger partial charge in [0.1, 0.15) is 11.7 Å². The molecule has 8 heteroatoms. The Bertz CT molecular complexity index is 837. The number of rotatable bonds is 6. The molecule has 1 fully saturated rings. The van der Waals surface area contributed by atoms with Crippen molar-refractivity contribution in [2.24, 2.45) is 11.8 Å². The Kier molecular flexibility index (Phi) is 8.26. The van der Waals surface area contributed by atoms with Crippen LogP contribution in [-0.2, 0) is 9.53 Å². The van der Waals surface area contributed by atoms with Crippen LogP contribution in [0.1, 0.15) is 49.5 Å². The molecule has 32 heavy (non-hydrogen) atoms. The summed E-state index contributed by atoms with van der Waals surface area (Å²) in [6.07, 6.45) is 6.56. The minimum atomic E-state index is -0.344. The van der Waals surface area contributed by atoms with Crippen LogP contribution >= 0.6 is 0 Å². The number of hydrogen-bond donors (Lipinski definition) is 1. The van der Waals surface area contributed by atoms with Crippen molar-refractivity contribution in [3.05, 3.63) is 29.5 Å². The van der Waals surface area contributed by atoms with E-state index in [2.05, 4.69) is 4.98 Å². The molecule has 0 spiro atoms. The Morgan fingerprint density at radius 3 is 2.78 bits per heavy atom. The number of carbonyl (C=O) groups excluding carboxylic acids is 2. The minimum Gasteiger partial charge on any atom is -0.472 e. The second-order valence-electron chi connectivity index (χ2n) is 8.85. The Morgan fingerprint density at radius 2 is 2.12 bits per heavy atom. The number of likely N-dealkylation sites (N-methyl/N-ethyl adjacent to an activating group) is 1. The molecule has 0 aromatic carbocycles. The Labute approximate surface area is 190 Å². The largest absolute Gasteiger partial charge is 0.472 e. The van der Waals surface area contributed by atoms with Crippen LogP contribution in [0.4, 0.5) is 0 Å². The van der Waals surface area contributed by atoms with Gasteiger partial charge in [0, 0.05) is 44.8 Å². The van der Waals surface area contributed by atoms with Gasteiger partial charge in [-0.1, -0.05) is 19.1 Å². The van der Waals surface area contributed by atoms with Crippen molar-refractivity contribution in [3.63, 3.8) is 0 Å². The zero-order valence-electron chi connectivity index (χ0n) is 19.5. The van der Waals surface area contributed by atoms with Gasteiger partial charge < -0.3 is 24.4 Å². The number of allylic oxidation sites excluding steroid dienone is 1. The summed E-state index contributed by atoms with van der Waals surface area (Å²) >= 11 is 0. The standard InChI is InChI=1S/C24H35N3O5/c1-5-6-18-11-20-22(25-12-18)32-21(16(2)13-27(24(20)30)17(3)15-28)14-26(4)23(29)19-7-9-31-10-8-19/h5-6,11-12,16-17,19,21,28H,7-10,13-15H2,1-4H3/t16-,17+,21+/m1/s1. The van der Waals surface area contributed by atoms with E-state index in [0.29, 0.717) is 31.9 Å². The van der Waals surface area contributed by atoms with Crippen LogP contribution in [0, 0.1) is 11.8 Å². The van der Waals surface area contributed by atoms with Gasteiger partial charge in [0.05, 0.1) is 19.2 Å². The predicted octanol–water partition coefficient (Wildman–Crippen LogP) is 2.22. The van der Waals surface area contributed by atoms with Crippen LogP contribution < -0.4 is 4.74 Å². The summed E-state index contributed by atoms with van der Waals surface area (Å²) in [6, 6.07) is 1.43. The fourth-order valence-corrected chi connectivity index (χ4v) is 4.24. The van der Waals surface area contributed by atoms with Crippen LogP contribution in [0.15, 0.2) is 18.3 Å². The summed E-state index contributed by atoms with van der Waals surface area (Å²) in [7, 11) is 1.80. The smallest absolute Gasteiger partial charge is 0.259 e. The summed E-state index contributed by atoms with van der Waals surface area (Å²) in [5.74, 6) is 0.0561. The van der Waals surface area contributed by atoms with Crippen LogP contribution in [0.25, 0.3) is 6.08 Å². The zero-order chi connectivity index (χ0) is 23.3. The molecule has 0 bridgehead atoms. The van der Waals surface area contributed by atoms with Crippen molar-refractivity contribution >= 4 is 17.9 Å². The van der Waals surface area contributed by atoms with E-state index in [4.69, 9.17) is 9.47 Å². The summed E-state index contributed by atoms with van der Waals surface area (Å²) in [5, 5.41) is 9.75. The van der Waals surface area contributed by atoms with E-state index in [1.165, 1.54) is 0 Å². The summed E-state index contributed by atoms with van der Waals surface area (Å²) in [5.41, 5.74) is 1.17. The predicted molar refractivity (Wildman–Crippen MR) is 121 cm³/mol. The van der Waals surface area contributed by atoms with Crippen molar-refractivity contribution in [2.45, 2.75) is 45.8 Å². The maximum atomic E-state index is 13.3. The van der Waals surface area contributed by atoms with Crippen molar-refractivity contribution in [3.8, 4) is 5.88 Å². The quantitative estimate of drug-likeness (QED) is 0.722. The van der Waals surface area contributed by atoms with E-state index in [-0.39, 0.29) is 48.3 Å². The van der Waals surface area contributed by atoms with E-state index in [9.17, 15) is 14.7 Å². The maximum Gasteiger partial charge on any atom is 0.259 e. The summed E-state index contributed by atoms with van der Waals surface area (Å²) < 4.78 is 11.6. The fourth-order valence-electron chi connectivity index (χ4n) is 4.24. The number of carbonyl (C=O) groups is 2. The molecular formula is C24H35N3O5. The third-order valence-corrected chi connectivity index (χ3v) is 6.30. The molecule has 1 aromatic rings. The second kappa shape index (κ2) is 10.9. The first-order chi connectivity index (χ1) is 15.3. The lowest BCUT2D eigenvalue weighted by Crippen LogP contribution is -2.51. The number of hydrogen-bond acceptors (Lipinski definition) is 6. The molecule has 8 nitrogen and oxygen atoms in total. The topological polar surface area (TPSA) is 92.2 Å². The average molecular weight is 446 g/mol. The van der Waals surface area contributed by atoms with E-state index in [1.807, 2.05) is 32.9 Å². The molecule has 3 rings (SSSR count). The first-order valence-corrected chi connectivity index (χ1v) is 11.4. The molecule has 2 amide bonds. The highest BCUT2D eigenvalue weighted by Gasteiger charge is 2.35. The van der Waals surface area contributed by atoms with Gasteiger partial charge in [0.15, 0.2) is 0 Å². The van der Waals surface area contributed by atoms with E-state index in [1.54, 1.807) is 29.1 Å². The van der Waals surface area contributed by atoms with Gasteiger partial charge >= 0.3 is 0 Å². The number of fused-ring (bicyclic) bond motifs is 1. The summed E-state index contributed by atoms with van der Waals surface area (Å²) in [4.78, 5) is 34.1. The molecule has 2 aliphatic heterocycles.